The average Bonchev–Trinajstić information content (AvgIpc) is 2.96. The van der Waals surface area contributed by atoms with E-state index in [1.807, 2.05) is 0 Å². The second kappa shape index (κ2) is 26.9. The van der Waals surface area contributed by atoms with Gasteiger partial charge in [-0.15, -0.1) is 0 Å². The van der Waals surface area contributed by atoms with Gasteiger partial charge in [0.05, 0.1) is 0 Å². The summed E-state index contributed by atoms with van der Waals surface area (Å²) in [6.45, 7) is 9.75. The highest BCUT2D eigenvalue weighted by molar-refractivity contribution is 5.69. The maximum atomic E-state index is 12.0. The van der Waals surface area contributed by atoms with Gasteiger partial charge in [-0.3, -0.25) is 14.4 Å². The molecule has 1 fully saturated rings. The average molecular weight is 598 g/mol. The van der Waals surface area contributed by atoms with Crippen LogP contribution in [0.25, 0.3) is 0 Å². The highest BCUT2D eigenvalue weighted by Gasteiger charge is 2.08. The van der Waals surface area contributed by atoms with Crippen molar-refractivity contribution in [3.63, 3.8) is 0 Å². The predicted octanol–water partition coefficient (Wildman–Crippen LogP) is 5.59. The number of nitrogens with one attached hydrogen (secondary N) is 3. The highest BCUT2D eigenvalue weighted by Crippen LogP contribution is 2.11. The largest absolute Gasteiger partial charge is 0.464 e. The Morgan fingerprint density at radius 1 is 0.429 bits per heavy atom. The molecule has 0 saturated carbocycles. The molecule has 0 aliphatic carbocycles. The van der Waals surface area contributed by atoms with Crippen LogP contribution in [0.1, 0.15) is 136 Å². The molecule has 3 atom stereocenters. The number of esters is 3. The summed E-state index contributed by atoms with van der Waals surface area (Å²) in [4.78, 5) is 36.0. The Kier molecular flexibility index (Phi) is 24.5. The van der Waals surface area contributed by atoms with Crippen molar-refractivity contribution in [1.82, 2.24) is 16.0 Å². The quantitative estimate of drug-likeness (QED) is 0.243. The molecule has 1 heterocycles. The number of hydrogen-bond acceptors (Lipinski definition) is 9. The third-order valence-electron chi connectivity index (χ3n) is 7.88. The fraction of sp³-hybridized carbons (Fsp3) is 0.909. The Morgan fingerprint density at radius 3 is 1.02 bits per heavy atom. The maximum Gasteiger partial charge on any atom is 0.305 e. The van der Waals surface area contributed by atoms with Crippen LogP contribution in [0.3, 0.4) is 0 Å². The van der Waals surface area contributed by atoms with Gasteiger partial charge in [0.15, 0.2) is 0 Å². The maximum absolute atomic E-state index is 12.0. The Hall–Kier alpha value is -1.71. The third-order valence-corrected chi connectivity index (χ3v) is 7.88. The van der Waals surface area contributed by atoms with Crippen molar-refractivity contribution in [1.29, 1.82) is 0 Å². The number of ether oxygens (including phenoxy) is 3. The molecule has 1 saturated heterocycles. The number of rotatable bonds is 0. The topological polar surface area (TPSA) is 115 Å². The molecule has 9 heteroatoms. The van der Waals surface area contributed by atoms with Crippen molar-refractivity contribution in [2.45, 2.75) is 154 Å². The molecule has 246 valence electrons. The summed E-state index contributed by atoms with van der Waals surface area (Å²) in [6, 6.07) is 1.14. The monoisotopic (exact) mass is 597 g/mol. The molecular formula is C33H63N3O6. The lowest BCUT2D eigenvalue weighted by atomic mass is 10.1. The summed E-state index contributed by atoms with van der Waals surface area (Å²) >= 11 is 0. The normalized spacial score (nSPS) is 27.2. The lowest BCUT2D eigenvalue weighted by Gasteiger charge is -2.14. The number of cyclic esters (lactones) is 3. The van der Waals surface area contributed by atoms with E-state index in [0.29, 0.717) is 76.8 Å². The van der Waals surface area contributed by atoms with Crippen LogP contribution in [-0.2, 0) is 28.6 Å². The van der Waals surface area contributed by atoms with Gasteiger partial charge in [0.2, 0.25) is 0 Å². The zero-order valence-electron chi connectivity index (χ0n) is 27.2. The molecule has 1 aliphatic rings. The van der Waals surface area contributed by atoms with E-state index in [4.69, 9.17) is 14.2 Å². The molecular weight excluding hydrogens is 534 g/mol. The van der Waals surface area contributed by atoms with E-state index in [-0.39, 0.29) is 17.9 Å². The van der Waals surface area contributed by atoms with Crippen molar-refractivity contribution in [3.8, 4) is 0 Å². The summed E-state index contributed by atoms with van der Waals surface area (Å²) in [6.07, 6.45) is 17.1. The van der Waals surface area contributed by atoms with Crippen LogP contribution < -0.4 is 16.0 Å². The third kappa shape index (κ3) is 24.8. The number of hydrogen-bond donors (Lipinski definition) is 3. The molecule has 0 spiro atoms. The Morgan fingerprint density at radius 2 is 0.690 bits per heavy atom. The van der Waals surface area contributed by atoms with E-state index in [9.17, 15) is 14.4 Å². The SMILES string of the molecule is CC1CCCCCCC(=O)OCCNC(C)CCCCCC(=O)OCCNC(C)CCCCCCCC(=O)OCCN1. The van der Waals surface area contributed by atoms with Gasteiger partial charge >= 0.3 is 17.9 Å². The molecule has 1 rings (SSSR count). The standard InChI is InChI=1S/C33H63N3O6/c1-28-16-10-5-4-6-13-19-31(37)40-25-22-35-29(2)17-11-7-8-14-20-32(38)41-26-24-36-30(3)18-12-9-15-21-33(39)42-27-23-34-28/h28-30,34-36H,4-27H2,1-3H3. The van der Waals surface area contributed by atoms with Gasteiger partial charge in [0.1, 0.15) is 19.8 Å². The van der Waals surface area contributed by atoms with E-state index in [1.165, 1.54) is 6.42 Å². The molecule has 0 radical (unpaired) electrons. The van der Waals surface area contributed by atoms with Gasteiger partial charge < -0.3 is 30.2 Å². The van der Waals surface area contributed by atoms with Crippen LogP contribution in [0.2, 0.25) is 0 Å². The first-order valence-corrected chi connectivity index (χ1v) is 17.0. The summed E-state index contributed by atoms with van der Waals surface area (Å²) in [5.41, 5.74) is 0. The lowest BCUT2D eigenvalue weighted by Crippen LogP contribution is -2.30. The summed E-state index contributed by atoms with van der Waals surface area (Å²) < 4.78 is 16.1. The van der Waals surface area contributed by atoms with E-state index in [2.05, 4.69) is 36.7 Å². The van der Waals surface area contributed by atoms with Crippen LogP contribution in [0.15, 0.2) is 0 Å². The zero-order valence-corrected chi connectivity index (χ0v) is 27.2. The van der Waals surface area contributed by atoms with Gasteiger partial charge in [0, 0.05) is 57.0 Å². The summed E-state index contributed by atoms with van der Waals surface area (Å²) in [5, 5.41) is 10.3. The minimum absolute atomic E-state index is 0.101. The second-order valence-corrected chi connectivity index (χ2v) is 12.1. The molecule has 1 aliphatic heterocycles. The first-order valence-electron chi connectivity index (χ1n) is 17.0. The highest BCUT2D eigenvalue weighted by atomic mass is 16.5. The van der Waals surface area contributed by atoms with E-state index < -0.39 is 0 Å². The van der Waals surface area contributed by atoms with Crippen molar-refractivity contribution >= 4 is 17.9 Å². The molecule has 3 unspecified atom stereocenters. The van der Waals surface area contributed by atoms with Crippen LogP contribution in [0.5, 0.6) is 0 Å². The molecule has 0 aromatic heterocycles. The van der Waals surface area contributed by atoms with Crippen LogP contribution in [0, 0.1) is 0 Å². The molecule has 0 aromatic carbocycles. The lowest BCUT2D eigenvalue weighted by molar-refractivity contribution is -0.144. The molecule has 42 heavy (non-hydrogen) atoms. The van der Waals surface area contributed by atoms with Crippen molar-refractivity contribution in [2.24, 2.45) is 0 Å². The fourth-order valence-corrected chi connectivity index (χ4v) is 5.15. The Labute approximate surface area is 256 Å². The minimum atomic E-state index is -0.116. The Balaban J connectivity index is 2.29. The molecule has 0 bridgehead atoms. The van der Waals surface area contributed by atoms with Gasteiger partial charge in [-0.25, -0.2) is 0 Å². The van der Waals surface area contributed by atoms with Gasteiger partial charge in [0.25, 0.3) is 0 Å². The first kappa shape index (κ1) is 38.3. The summed E-state index contributed by atoms with van der Waals surface area (Å²) in [5.74, 6) is -0.333. The van der Waals surface area contributed by atoms with Gasteiger partial charge in [-0.2, -0.15) is 0 Å². The van der Waals surface area contributed by atoms with E-state index in [0.717, 1.165) is 89.9 Å². The van der Waals surface area contributed by atoms with Crippen LogP contribution in [0.4, 0.5) is 0 Å². The predicted molar refractivity (Wildman–Crippen MR) is 168 cm³/mol. The minimum Gasteiger partial charge on any atom is -0.464 e. The van der Waals surface area contributed by atoms with Crippen molar-refractivity contribution in [2.75, 3.05) is 39.5 Å². The second-order valence-electron chi connectivity index (χ2n) is 12.1. The fourth-order valence-electron chi connectivity index (χ4n) is 5.15. The number of carbonyl (C=O) groups is 3. The van der Waals surface area contributed by atoms with Crippen molar-refractivity contribution < 1.29 is 28.6 Å². The zero-order chi connectivity index (χ0) is 30.7. The van der Waals surface area contributed by atoms with Gasteiger partial charge in [-0.05, 0) is 59.3 Å². The Bertz CT molecular complexity index is 693. The van der Waals surface area contributed by atoms with Crippen LogP contribution in [-0.4, -0.2) is 75.5 Å². The van der Waals surface area contributed by atoms with Gasteiger partial charge in [-0.1, -0.05) is 57.8 Å². The molecule has 3 N–H and O–H groups in total. The van der Waals surface area contributed by atoms with E-state index in [1.54, 1.807) is 0 Å². The summed E-state index contributed by atoms with van der Waals surface area (Å²) in [7, 11) is 0. The van der Waals surface area contributed by atoms with Crippen molar-refractivity contribution in [3.05, 3.63) is 0 Å². The van der Waals surface area contributed by atoms with Crippen LogP contribution >= 0.6 is 0 Å². The molecule has 9 nitrogen and oxygen atoms in total. The molecule has 0 amide bonds. The molecule has 0 aromatic rings. The van der Waals surface area contributed by atoms with E-state index >= 15 is 0 Å². The number of carbonyl (C=O) groups excluding carboxylic acids is 3. The smallest absolute Gasteiger partial charge is 0.305 e. The first-order chi connectivity index (χ1) is 20.4.